The number of aromatic nitrogens is 2. The van der Waals surface area contributed by atoms with Crippen molar-refractivity contribution in [1.29, 1.82) is 0 Å². The van der Waals surface area contributed by atoms with Gasteiger partial charge in [-0.25, -0.2) is 4.98 Å². The molecule has 3 aromatic heterocycles. The second kappa shape index (κ2) is 2.91. The molecule has 0 aromatic carbocycles. The second-order valence-electron chi connectivity index (χ2n) is 4.36. The fourth-order valence-electron chi connectivity index (χ4n) is 2.54. The summed E-state index contributed by atoms with van der Waals surface area (Å²) in [5, 5.41) is 0. The molecule has 0 atom stereocenters. The molecule has 4 heteroatoms. The number of hydrogen-bond donors (Lipinski definition) is 1. The monoisotopic (exact) mass is 225 g/mol. The van der Waals surface area contributed by atoms with Gasteiger partial charge in [-0.05, 0) is 24.6 Å². The van der Waals surface area contributed by atoms with Gasteiger partial charge in [0.15, 0.2) is 0 Å². The molecule has 4 nitrogen and oxygen atoms in total. The zero-order valence-electron chi connectivity index (χ0n) is 9.18. The third-order valence-corrected chi connectivity index (χ3v) is 3.33. The second-order valence-corrected chi connectivity index (χ2v) is 4.36. The first-order valence-corrected chi connectivity index (χ1v) is 5.66. The van der Waals surface area contributed by atoms with Gasteiger partial charge in [-0.1, -0.05) is 0 Å². The predicted molar refractivity (Wildman–Crippen MR) is 64.7 cm³/mol. The lowest BCUT2D eigenvalue weighted by Gasteiger charge is -2.10. The van der Waals surface area contributed by atoms with Crippen molar-refractivity contribution >= 4 is 11.3 Å². The SMILES string of the molecule is Nc1ccc2nc3c(n2c1)CCc1occc1-3. The van der Waals surface area contributed by atoms with Crippen LogP contribution >= 0.6 is 0 Å². The number of pyridine rings is 1. The minimum absolute atomic E-state index is 0.760. The Morgan fingerprint density at radius 2 is 2.18 bits per heavy atom. The summed E-state index contributed by atoms with van der Waals surface area (Å²) in [4.78, 5) is 4.66. The summed E-state index contributed by atoms with van der Waals surface area (Å²) in [6.45, 7) is 0. The first-order chi connectivity index (χ1) is 8.33. The molecule has 0 bridgehead atoms. The molecule has 1 aliphatic carbocycles. The molecule has 17 heavy (non-hydrogen) atoms. The van der Waals surface area contributed by atoms with E-state index in [2.05, 4.69) is 9.38 Å². The van der Waals surface area contributed by atoms with E-state index in [0.717, 1.165) is 41.2 Å². The fourth-order valence-corrected chi connectivity index (χ4v) is 2.54. The number of furan rings is 1. The first-order valence-electron chi connectivity index (χ1n) is 5.66. The van der Waals surface area contributed by atoms with Crippen LogP contribution < -0.4 is 5.73 Å². The fraction of sp³-hybridized carbons (Fsp3) is 0.154. The Bertz CT molecular complexity index is 723. The molecule has 2 N–H and O–H groups in total. The van der Waals surface area contributed by atoms with Gasteiger partial charge in [0.1, 0.15) is 11.4 Å². The van der Waals surface area contributed by atoms with E-state index in [0.29, 0.717) is 0 Å². The Hall–Kier alpha value is -2.23. The number of hydrogen-bond acceptors (Lipinski definition) is 3. The van der Waals surface area contributed by atoms with Crippen LogP contribution in [0.15, 0.2) is 35.1 Å². The first kappa shape index (κ1) is 8.87. The van der Waals surface area contributed by atoms with E-state index in [9.17, 15) is 0 Å². The number of imidazole rings is 1. The summed E-state index contributed by atoms with van der Waals surface area (Å²) in [6.07, 6.45) is 5.54. The molecule has 84 valence electrons. The molecule has 3 aromatic rings. The molecule has 0 radical (unpaired) electrons. The maximum absolute atomic E-state index is 5.82. The van der Waals surface area contributed by atoms with Crippen molar-refractivity contribution in [3.8, 4) is 11.3 Å². The molecule has 0 aliphatic heterocycles. The summed E-state index contributed by atoms with van der Waals surface area (Å²) >= 11 is 0. The lowest BCUT2D eigenvalue weighted by atomic mass is 9.99. The van der Waals surface area contributed by atoms with Crippen LogP contribution in [0.2, 0.25) is 0 Å². The van der Waals surface area contributed by atoms with E-state index in [1.807, 2.05) is 24.4 Å². The number of aryl methyl sites for hydroxylation is 2. The van der Waals surface area contributed by atoms with Crippen LogP contribution in [-0.2, 0) is 12.8 Å². The van der Waals surface area contributed by atoms with Crippen molar-refractivity contribution < 1.29 is 4.42 Å². The van der Waals surface area contributed by atoms with E-state index in [1.54, 1.807) is 6.26 Å². The Balaban J connectivity index is 2.10. The van der Waals surface area contributed by atoms with Crippen LogP contribution in [0.1, 0.15) is 11.5 Å². The third kappa shape index (κ3) is 1.09. The molecule has 0 saturated carbocycles. The van der Waals surface area contributed by atoms with Crippen molar-refractivity contribution in [1.82, 2.24) is 9.38 Å². The van der Waals surface area contributed by atoms with Crippen LogP contribution in [0.4, 0.5) is 5.69 Å². The zero-order chi connectivity index (χ0) is 11.4. The zero-order valence-corrected chi connectivity index (χ0v) is 9.18. The molecule has 0 fully saturated rings. The van der Waals surface area contributed by atoms with Crippen molar-refractivity contribution in [3.63, 3.8) is 0 Å². The number of nitrogens with zero attached hydrogens (tertiary/aromatic N) is 2. The van der Waals surface area contributed by atoms with E-state index in [1.165, 1.54) is 5.69 Å². The summed E-state index contributed by atoms with van der Waals surface area (Å²) in [5.41, 5.74) is 10.9. The summed E-state index contributed by atoms with van der Waals surface area (Å²) in [5.74, 6) is 1.04. The Labute approximate surface area is 97.7 Å². The molecule has 0 unspecified atom stereocenters. The Kier molecular flexibility index (Phi) is 1.52. The van der Waals surface area contributed by atoms with Crippen molar-refractivity contribution in [2.45, 2.75) is 12.8 Å². The number of nitrogen functional groups attached to an aromatic ring is 1. The van der Waals surface area contributed by atoms with Crippen molar-refractivity contribution in [3.05, 3.63) is 42.1 Å². The lowest BCUT2D eigenvalue weighted by molar-refractivity contribution is 0.506. The molecular weight excluding hydrogens is 214 g/mol. The Morgan fingerprint density at radius 3 is 3.12 bits per heavy atom. The van der Waals surface area contributed by atoms with Gasteiger partial charge in [0.05, 0.1) is 17.7 Å². The van der Waals surface area contributed by atoms with E-state index >= 15 is 0 Å². The minimum atomic E-state index is 0.760. The standard InChI is InChI=1S/C13H11N3O/c14-8-1-4-12-15-13-9-5-6-17-11(9)3-2-10(13)16(12)7-8/h1,4-7H,2-3,14H2. The van der Waals surface area contributed by atoms with Gasteiger partial charge in [-0.3, -0.25) is 0 Å². The summed E-state index contributed by atoms with van der Waals surface area (Å²) in [7, 11) is 0. The topological polar surface area (TPSA) is 56.5 Å². The highest BCUT2D eigenvalue weighted by molar-refractivity contribution is 5.70. The molecule has 0 saturated heterocycles. The number of anilines is 1. The maximum Gasteiger partial charge on any atom is 0.137 e. The van der Waals surface area contributed by atoms with Gasteiger partial charge in [-0.15, -0.1) is 0 Å². The van der Waals surface area contributed by atoms with Crippen LogP contribution in [0.5, 0.6) is 0 Å². The summed E-state index contributed by atoms with van der Waals surface area (Å²) in [6, 6.07) is 5.82. The van der Waals surface area contributed by atoms with Crippen LogP contribution in [-0.4, -0.2) is 9.38 Å². The van der Waals surface area contributed by atoms with Crippen LogP contribution in [0.3, 0.4) is 0 Å². The highest BCUT2D eigenvalue weighted by Gasteiger charge is 2.23. The van der Waals surface area contributed by atoms with E-state index in [4.69, 9.17) is 10.2 Å². The molecule has 1 aliphatic rings. The smallest absolute Gasteiger partial charge is 0.137 e. The predicted octanol–water partition coefficient (Wildman–Crippen LogP) is 2.28. The lowest BCUT2D eigenvalue weighted by Crippen LogP contribution is -2.03. The largest absolute Gasteiger partial charge is 0.469 e. The highest BCUT2D eigenvalue weighted by atomic mass is 16.3. The summed E-state index contributed by atoms with van der Waals surface area (Å²) < 4.78 is 7.54. The third-order valence-electron chi connectivity index (χ3n) is 3.33. The van der Waals surface area contributed by atoms with Crippen molar-refractivity contribution in [2.24, 2.45) is 0 Å². The van der Waals surface area contributed by atoms with Crippen LogP contribution in [0, 0.1) is 0 Å². The maximum atomic E-state index is 5.82. The van der Waals surface area contributed by atoms with Crippen molar-refractivity contribution in [2.75, 3.05) is 5.73 Å². The molecule has 4 rings (SSSR count). The van der Waals surface area contributed by atoms with Gasteiger partial charge < -0.3 is 14.6 Å². The normalized spacial score (nSPS) is 13.6. The average Bonchev–Trinajstić information content (AvgIpc) is 2.91. The Morgan fingerprint density at radius 1 is 1.24 bits per heavy atom. The number of nitrogens with two attached hydrogens (primary N) is 1. The number of rotatable bonds is 0. The van der Waals surface area contributed by atoms with Gasteiger partial charge in [0, 0.05) is 23.9 Å². The van der Waals surface area contributed by atoms with Gasteiger partial charge in [0.2, 0.25) is 0 Å². The molecule has 3 heterocycles. The van der Waals surface area contributed by atoms with Gasteiger partial charge >= 0.3 is 0 Å². The van der Waals surface area contributed by atoms with E-state index in [-0.39, 0.29) is 0 Å². The minimum Gasteiger partial charge on any atom is -0.469 e. The highest BCUT2D eigenvalue weighted by Crippen LogP contribution is 2.34. The molecule has 0 amide bonds. The van der Waals surface area contributed by atoms with Gasteiger partial charge in [0.25, 0.3) is 0 Å². The molecule has 0 spiro atoms. The van der Waals surface area contributed by atoms with Gasteiger partial charge in [-0.2, -0.15) is 0 Å². The van der Waals surface area contributed by atoms with E-state index < -0.39 is 0 Å². The molecular formula is C13H11N3O. The quantitative estimate of drug-likeness (QED) is 0.638. The average molecular weight is 225 g/mol. The number of fused-ring (bicyclic) bond motifs is 5. The van der Waals surface area contributed by atoms with Crippen LogP contribution in [0.25, 0.3) is 16.9 Å².